The van der Waals surface area contributed by atoms with Crippen molar-refractivity contribution in [2.75, 3.05) is 5.32 Å². The third-order valence-electron chi connectivity index (χ3n) is 4.14. The molecule has 0 saturated heterocycles. The predicted octanol–water partition coefficient (Wildman–Crippen LogP) is 2.34. The maximum absolute atomic E-state index is 12.4. The Morgan fingerprint density at radius 3 is 2.39 bits per heavy atom. The molecule has 124 valence electrons. The van der Waals surface area contributed by atoms with E-state index in [-0.39, 0.29) is 18.0 Å². The number of hydrogen-bond donors (Lipinski definition) is 2. The number of nitrogens with one attached hydrogen (secondary N) is 1. The van der Waals surface area contributed by atoms with Gasteiger partial charge in [0.1, 0.15) is 6.04 Å². The lowest BCUT2D eigenvalue weighted by atomic mass is 10.1. The molecular weight excluding hydrogens is 312 g/mol. The molecular formula is C17H24ClN4O+. The van der Waals surface area contributed by atoms with Crippen LogP contribution in [0.15, 0.2) is 24.3 Å². The Morgan fingerprint density at radius 2 is 1.87 bits per heavy atom. The largest absolute Gasteiger partial charge is 0.330 e. The average molecular weight is 336 g/mol. The Bertz CT molecular complexity index is 693. The maximum Gasteiger partial charge on any atom is 0.282 e. The molecule has 0 aliphatic carbocycles. The van der Waals surface area contributed by atoms with Crippen LogP contribution in [0, 0.1) is 13.8 Å². The molecule has 23 heavy (non-hydrogen) atoms. The Kier molecular flexibility index (Phi) is 5.44. The third kappa shape index (κ3) is 4.12. The first kappa shape index (κ1) is 17.5. The van der Waals surface area contributed by atoms with Gasteiger partial charge >= 0.3 is 0 Å². The maximum atomic E-state index is 12.4. The fourth-order valence-electron chi connectivity index (χ4n) is 2.59. The highest BCUT2D eigenvalue weighted by Crippen LogP contribution is 2.18. The number of carbonyl (C=O) groups is 1. The van der Waals surface area contributed by atoms with Gasteiger partial charge in [-0.2, -0.15) is 5.10 Å². The monoisotopic (exact) mass is 335 g/mol. The lowest BCUT2D eigenvalue weighted by Crippen LogP contribution is -2.91. The van der Waals surface area contributed by atoms with Crippen LogP contribution in [-0.4, -0.2) is 21.7 Å². The minimum Gasteiger partial charge on any atom is -0.330 e. The molecule has 0 fully saturated rings. The van der Waals surface area contributed by atoms with Gasteiger partial charge in [0, 0.05) is 17.6 Å². The molecule has 5 nitrogen and oxygen atoms in total. The smallest absolute Gasteiger partial charge is 0.282 e. The second-order valence-corrected chi connectivity index (χ2v) is 6.42. The van der Waals surface area contributed by atoms with E-state index in [1.54, 1.807) is 4.68 Å². The lowest BCUT2D eigenvalue weighted by molar-refractivity contribution is -0.709. The summed E-state index contributed by atoms with van der Waals surface area (Å²) in [6.45, 7) is 7.82. The zero-order valence-corrected chi connectivity index (χ0v) is 15.0. The molecule has 2 aromatic rings. The van der Waals surface area contributed by atoms with Crippen molar-refractivity contribution >= 4 is 23.2 Å². The van der Waals surface area contributed by atoms with Gasteiger partial charge in [0.05, 0.1) is 17.1 Å². The van der Waals surface area contributed by atoms with E-state index in [0.29, 0.717) is 5.02 Å². The van der Waals surface area contributed by atoms with Crippen LogP contribution in [0.1, 0.15) is 36.8 Å². The SMILES string of the molecule is Cc1nn(C)c(C)c1NC(=O)[C@@H](C)[NH2+][C@H](C)c1ccc(Cl)cc1. The van der Waals surface area contributed by atoms with Gasteiger partial charge in [0.25, 0.3) is 5.91 Å². The quantitative estimate of drug-likeness (QED) is 0.881. The Labute approximate surface area is 142 Å². The van der Waals surface area contributed by atoms with Crippen molar-refractivity contribution in [3.05, 3.63) is 46.2 Å². The van der Waals surface area contributed by atoms with Crippen LogP contribution in [0.2, 0.25) is 5.02 Å². The number of halogens is 1. The average Bonchev–Trinajstić information content (AvgIpc) is 2.74. The van der Waals surface area contributed by atoms with E-state index in [9.17, 15) is 4.79 Å². The van der Waals surface area contributed by atoms with Crippen molar-refractivity contribution < 1.29 is 10.1 Å². The van der Waals surface area contributed by atoms with Crippen LogP contribution in [0.25, 0.3) is 0 Å². The molecule has 1 heterocycles. The molecule has 0 spiro atoms. The minimum atomic E-state index is -0.209. The predicted molar refractivity (Wildman–Crippen MR) is 92.6 cm³/mol. The molecule has 1 aromatic heterocycles. The molecule has 0 aliphatic rings. The van der Waals surface area contributed by atoms with Gasteiger partial charge < -0.3 is 10.6 Å². The summed E-state index contributed by atoms with van der Waals surface area (Å²) in [5, 5.41) is 10.1. The number of nitrogens with zero attached hydrogens (tertiary/aromatic N) is 2. The van der Waals surface area contributed by atoms with Crippen molar-refractivity contribution in [1.82, 2.24) is 9.78 Å². The Hall–Kier alpha value is -1.85. The summed E-state index contributed by atoms with van der Waals surface area (Å²) in [5.74, 6) is -0.0231. The number of nitrogens with two attached hydrogens (primary N) is 1. The van der Waals surface area contributed by atoms with E-state index in [1.165, 1.54) is 0 Å². The summed E-state index contributed by atoms with van der Waals surface area (Å²) in [5.41, 5.74) is 3.73. The number of hydrogen-bond acceptors (Lipinski definition) is 2. The molecule has 0 unspecified atom stereocenters. The van der Waals surface area contributed by atoms with Crippen molar-refractivity contribution in [3.63, 3.8) is 0 Å². The van der Waals surface area contributed by atoms with E-state index >= 15 is 0 Å². The van der Waals surface area contributed by atoms with Crippen molar-refractivity contribution in [2.24, 2.45) is 7.05 Å². The standard InChI is InChI=1S/C17H23ClN4O/c1-10(14-6-8-15(18)9-7-14)19-12(3)17(23)20-16-11(2)21-22(5)13(16)4/h6-10,12,19H,1-5H3,(H,20,23)/p+1/t10-,12-/m1/s1. The van der Waals surface area contributed by atoms with E-state index in [2.05, 4.69) is 17.3 Å². The normalized spacial score (nSPS) is 13.7. The first-order valence-corrected chi connectivity index (χ1v) is 8.09. The van der Waals surface area contributed by atoms with Crippen LogP contribution in [-0.2, 0) is 11.8 Å². The van der Waals surface area contributed by atoms with Gasteiger partial charge in [-0.1, -0.05) is 23.7 Å². The molecule has 0 bridgehead atoms. The first-order chi connectivity index (χ1) is 10.8. The number of aromatic nitrogens is 2. The second-order valence-electron chi connectivity index (χ2n) is 5.98. The highest BCUT2D eigenvalue weighted by molar-refractivity contribution is 6.30. The first-order valence-electron chi connectivity index (χ1n) is 7.71. The number of aryl methyl sites for hydroxylation is 2. The van der Waals surface area contributed by atoms with Crippen molar-refractivity contribution in [3.8, 4) is 0 Å². The Morgan fingerprint density at radius 1 is 1.26 bits per heavy atom. The topological polar surface area (TPSA) is 63.5 Å². The van der Waals surface area contributed by atoms with Crippen molar-refractivity contribution in [2.45, 2.75) is 39.8 Å². The fourth-order valence-corrected chi connectivity index (χ4v) is 2.72. The zero-order chi connectivity index (χ0) is 17.1. The number of carbonyl (C=O) groups excluding carboxylic acids is 1. The van der Waals surface area contributed by atoms with Gasteiger partial charge in [-0.15, -0.1) is 0 Å². The highest BCUT2D eigenvalue weighted by Gasteiger charge is 2.22. The van der Waals surface area contributed by atoms with E-state index in [4.69, 9.17) is 11.6 Å². The molecule has 1 amide bonds. The van der Waals surface area contributed by atoms with Crippen LogP contribution in [0.3, 0.4) is 0 Å². The number of amides is 1. The molecule has 0 saturated carbocycles. The number of quaternary nitrogens is 1. The second kappa shape index (κ2) is 7.15. The molecule has 0 radical (unpaired) electrons. The summed E-state index contributed by atoms with van der Waals surface area (Å²) in [6.07, 6.45) is 0. The van der Waals surface area contributed by atoms with Gasteiger partial charge in [0.15, 0.2) is 6.04 Å². The number of anilines is 1. The third-order valence-corrected chi connectivity index (χ3v) is 4.40. The lowest BCUT2D eigenvalue weighted by Gasteiger charge is -2.17. The van der Waals surface area contributed by atoms with E-state index < -0.39 is 0 Å². The molecule has 0 aliphatic heterocycles. The summed E-state index contributed by atoms with van der Waals surface area (Å²) in [7, 11) is 1.87. The van der Waals surface area contributed by atoms with Gasteiger partial charge in [-0.05, 0) is 39.8 Å². The molecule has 3 N–H and O–H groups in total. The van der Waals surface area contributed by atoms with E-state index in [0.717, 1.165) is 22.6 Å². The van der Waals surface area contributed by atoms with Crippen LogP contribution in [0.5, 0.6) is 0 Å². The summed E-state index contributed by atoms with van der Waals surface area (Å²) in [4.78, 5) is 12.4. The molecule has 1 aromatic carbocycles. The van der Waals surface area contributed by atoms with Crippen LogP contribution in [0.4, 0.5) is 5.69 Å². The van der Waals surface area contributed by atoms with Crippen molar-refractivity contribution in [1.29, 1.82) is 0 Å². The fraction of sp³-hybridized carbons (Fsp3) is 0.412. The molecule has 2 atom stereocenters. The van der Waals surface area contributed by atoms with Gasteiger partial charge in [0.2, 0.25) is 0 Å². The van der Waals surface area contributed by atoms with Crippen LogP contribution < -0.4 is 10.6 Å². The highest BCUT2D eigenvalue weighted by atomic mass is 35.5. The number of benzene rings is 1. The van der Waals surface area contributed by atoms with Gasteiger partial charge in [-0.25, -0.2) is 0 Å². The van der Waals surface area contributed by atoms with Gasteiger partial charge in [-0.3, -0.25) is 9.48 Å². The van der Waals surface area contributed by atoms with Crippen LogP contribution >= 0.6 is 11.6 Å². The number of rotatable bonds is 5. The summed E-state index contributed by atoms with van der Waals surface area (Å²) < 4.78 is 1.77. The zero-order valence-electron chi connectivity index (χ0n) is 14.2. The summed E-state index contributed by atoms with van der Waals surface area (Å²) >= 11 is 5.91. The molecule has 6 heteroatoms. The summed E-state index contributed by atoms with van der Waals surface area (Å²) in [6, 6.07) is 7.68. The molecule has 2 rings (SSSR count). The Balaban J connectivity index is 2.01. The minimum absolute atomic E-state index is 0.0231. The van der Waals surface area contributed by atoms with E-state index in [1.807, 2.05) is 57.4 Å².